The minimum atomic E-state index is -3.51. The first-order valence-electron chi connectivity index (χ1n) is 8.12. The van der Waals surface area contributed by atoms with Crippen LogP contribution in [0.25, 0.3) is 0 Å². The second kappa shape index (κ2) is 8.57. The van der Waals surface area contributed by atoms with E-state index in [9.17, 15) is 8.42 Å². The minimum absolute atomic E-state index is 0. The molecule has 0 bridgehead atoms. The molecule has 25 heavy (non-hydrogen) atoms. The molecule has 7 heteroatoms. The summed E-state index contributed by atoms with van der Waals surface area (Å²) in [5, 5.41) is -0.663. The molecule has 3 rings (SSSR count). The number of quaternary nitrogens is 1. The van der Waals surface area contributed by atoms with Gasteiger partial charge in [-0.2, -0.15) is 0 Å². The third-order valence-electron chi connectivity index (χ3n) is 4.62. The van der Waals surface area contributed by atoms with Crippen molar-refractivity contribution in [2.75, 3.05) is 39.9 Å². The van der Waals surface area contributed by atoms with Crippen molar-refractivity contribution >= 4 is 9.84 Å². The van der Waals surface area contributed by atoms with E-state index in [2.05, 4.69) is 12.0 Å². The van der Waals surface area contributed by atoms with Crippen molar-refractivity contribution in [1.29, 1.82) is 0 Å². The molecule has 1 unspecified atom stereocenters. The van der Waals surface area contributed by atoms with Gasteiger partial charge in [-0.25, -0.2) is 8.42 Å². The Kier molecular flexibility index (Phi) is 6.95. The van der Waals surface area contributed by atoms with E-state index in [1.165, 1.54) is 0 Å². The van der Waals surface area contributed by atoms with Crippen molar-refractivity contribution in [3.8, 4) is 0 Å². The maximum absolute atomic E-state index is 13.3. The fourth-order valence-electron chi connectivity index (χ4n) is 3.06. The predicted octanol–water partition coefficient (Wildman–Crippen LogP) is -0.923. The zero-order valence-electron chi connectivity index (χ0n) is 14.2. The molecule has 0 N–H and O–H groups in total. The molecule has 2 heterocycles. The largest absolute Gasteiger partial charge is 1.00 e. The van der Waals surface area contributed by atoms with Crippen LogP contribution in [0.3, 0.4) is 0 Å². The maximum Gasteiger partial charge on any atom is 0.192 e. The third kappa shape index (κ3) is 4.78. The number of aromatic nitrogens is 1. The number of nitrogens with zero attached hydrogens (tertiary/aromatic N) is 2. The van der Waals surface area contributed by atoms with Crippen LogP contribution in [0.4, 0.5) is 0 Å². The summed E-state index contributed by atoms with van der Waals surface area (Å²) >= 11 is 0. The first kappa shape index (κ1) is 20.3. The lowest BCUT2D eigenvalue weighted by Crippen LogP contribution is -3.00. The van der Waals surface area contributed by atoms with Gasteiger partial charge in [0.1, 0.15) is 19.6 Å². The van der Waals surface area contributed by atoms with Crippen LogP contribution in [0.1, 0.15) is 10.9 Å². The number of pyridine rings is 1. The highest BCUT2D eigenvalue weighted by Crippen LogP contribution is 2.30. The van der Waals surface area contributed by atoms with Gasteiger partial charge in [-0.1, -0.05) is 24.3 Å². The zero-order chi connectivity index (χ0) is 17.0. The van der Waals surface area contributed by atoms with E-state index in [-0.39, 0.29) is 24.0 Å². The summed E-state index contributed by atoms with van der Waals surface area (Å²) in [5.74, 6) is 0. The van der Waals surface area contributed by atoms with Crippen LogP contribution < -0.4 is 24.0 Å². The number of hydrogen-bond donors (Lipinski definition) is 0. The van der Waals surface area contributed by atoms with Gasteiger partial charge in [0.2, 0.25) is 0 Å². The molecule has 0 radical (unpaired) electrons. The van der Waals surface area contributed by atoms with Crippen LogP contribution in [0.2, 0.25) is 0 Å². The second-order valence-electron chi connectivity index (χ2n) is 6.46. The van der Waals surface area contributed by atoms with Crippen LogP contribution in [0.15, 0.2) is 59.6 Å². The van der Waals surface area contributed by atoms with E-state index in [0.29, 0.717) is 34.8 Å². The van der Waals surface area contributed by atoms with Gasteiger partial charge in [0.25, 0.3) is 0 Å². The number of sulfone groups is 1. The molecule has 1 aromatic heterocycles. The Labute approximate surface area is 166 Å². The number of benzene rings is 1. The summed E-state index contributed by atoms with van der Waals surface area (Å²) in [6.45, 7) is 3.45. The third-order valence-corrected chi connectivity index (χ3v) is 6.69. The summed E-state index contributed by atoms with van der Waals surface area (Å²) in [7, 11) is -1.41. The Morgan fingerprint density at radius 3 is 2.32 bits per heavy atom. The summed E-state index contributed by atoms with van der Waals surface area (Å²) < 4.78 is 32.7. The molecule has 1 aliphatic rings. The molecule has 1 atom stereocenters. The molecule has 136 valence electrons. The van der Waals surface area contributed by atoms with Crippen LogP contribution in [0, 0.1) is 0 Å². The van der Waals surface area contributed by atoms with E-state index in [1.807, 2.05) is 12.1 Å². The fraction of sp³-hybridized carbons (Fsp3) is 0.389. The van der Waals surface area contributed by atoms with Crippen molar-refractivity contribution in [2.45, 2.75) is 10.1 Å². The Morgan fingerprint density at radius 1 is 1.08 bits per heavy atom. The Bertz CT molecular complexity index is 763. The normalized spacial score (nSPS) is 18.1. The van der Waals surface area contributed by atoms with Gasteiger partial charge in [-0.3, -0.25) is 4.98 Å². The smallest absolute Gasteiger partial charge is 0.192 e. The van der Waals surface area contributed by atoms with Crippen LogP contribution in [0.5, 0.6) is 0 Å². The molecule has 1 aliphatic heterocycles. The van der Waals surface area contributed by atoms with Gasteiger partial charge in [-0.15, -0.1) is 0 Å². The quantitative estimate of drug-likeness (QED) is 0.416. The molecule has 5 nitrogen and oxygen atoms in total. The molecule has 0 aliphatic carbocycles. The molecular weight excluding hydrogens is 451 g/mol. The Balaban J connectivity index is 0.00000225. The number of rotatable bonds is 5. The van der Waals surface area contributed by atoms with E-state index in [0.717, 1.165) is 13.1 Å². The zero-order valence-corrected chi connectivity index (χ0v) is 17.2. The van der Waals surface area contributed by atoms with E-state index in [4.69, 9.17) is 4.74 Å². The van der Waals surface area contributed by atoms with Crippen LogP contribution >= 0.6 is 0 Å². The van der Waals surface area contributed by atoms with Crippen molar-refractivity contribution < 1.29 is 41.6 Å². The summed E-state index contributed by atoms with van der Waals surface area (Å²) in [5.41, 5.74) is 0.604. The lowest BCUT2D eigenvalue weighted by Gasteiger charge is -2.39. The fourth-order valence-corrected chi connectivity index (χ4v) is 4.94. The first-order chi connectivity index (χ1) is 11.5. The van der Waals surface area contributed by atoms with Gasteiger partial charge in [0.15, 0.2) is 15.1 Å². The van der Waals surface area contributed by atoms with Crippen molar-refractivity contribution in [2.24, 2.45) is 0 Å². The Hall–Kier alpha value is -1.03. The van der Waals surface area contributed by atoms with Gasteiger partial charge in [0.05, 0.1) is 30.9 Å². The predicted molar refractivity (Wildman–Crippen MR) is 92.2 cm³/mol. The number of halogens is 1. The monoisotopic (exact) mass is 474 g/mol. The average molecular weight is 474 g/mol. The average Bonchev–Trinajstić information content (AvgIpc) is 2.62. The van der Waals surface area contributed by atoms with E-state index < -0.39 is 15.1 Å². The molecule has 0 spiro atoms. The topological polar surface area (TPSA) is 56.3 Å². The van der Waals surface area contributed by atoms with E-state index >= 15 is 0 Å². The number of hydrogen-bond acceptors (Lipinski definition) is 4. The molecule has 0 saturated carbocycles. The first-order valence-corrected chi connectivity index (χ1v) is 9.67. The molecule has 1 aromatic carbocycles. The Morgan fingerprint density at radius 2 is 1.72 bits per heavy atom. The molecule has 1 fully saturated rings. The van der Waals surface area contributed by atoms with Crippen molar-refractivity contribution in [3.05, 3.63) is 60.4 Å². The summed E-state index contributed by atoms with van der Waals surface area (Å²) in [6.07, 6.45) is 1.65. The number of likely N-dealkylation sites (N-methyl/N-ethyl adjacent to an activating group) is 1. The van der Waals surface area contributed by atoms with Gasteiger partial charge in [0, 0.05) is 6.20 Å². The van der Waals surface area contributed by atoms with Crippen LogP contribution in [-0.4, -0.2) is 57.8 Å². The van der Waals surface area contributed by atoms with Crippen molar-refractivity contribution in [3.63, 3.8) is 0 Å². The number of morpholine rings is 1. The number of ether oxygens (including phenoxy) is 1. The molecule has 0 amide bonds. The van der Waals surface area contributed by atoms with Crippen molar-refractivity contribution in [1.82, 2.24) is 4.98 Å². The maximum atomic E-state index is 13.3. The van der Waals surface area contributed by atoms with Gasteiger partial charge in [-0.05, 0) is 24.3 Å². The summed E-state index contributed by atoms with van der Waals surface area (Å²) in [4.78, 5) is 4.69. The highest BCUT2D eigenvalue weighted by molar-refractivity contribution is 7.91. The second-order valence-corrected chi connectivity index (χ2v) is 8.59. The highest BCUT2D eigenvalue weighted by Gasteiger charge is 2.38. The standard InChI is InChI=1S/C18H23N2O3S.HI/c1-20(11-13-23-14-12-20)15-18(17-9-5-6-10-19-17)24(21,22)16-7-3-2-4-8-16;/h2-10,18H,11-15H2,1H3;1H/q+1;/p-1. The highest BCUT2D eigenvalue weighted by atomic mass is 127. The molecule has 2 aromatic rings. The lowest BCUT2D eigenvalue weighted by atomic mass is 10.2. The van der Waals surface area contributed by atoms with E-state index in [1.54, 1.807) is 42.6 Å². The van der Waals surface area contributed by atoms with Gasteiger partial charge < -0.3 is 33.2 Å². The molecule has 1 saturated heterocycles. The molecular formula is C18H23IN2O3S. The summed E-state index contributed by atoms with van der Waals surface area (Å²) in [6, 6.07) is 14.1. The lowest BCUT2D eigenvalue weighted by molar-refractivity contribution is -0.917. The van der Waals surface area contributed by atoms with Gasteiger partial charge >= 0.3 is 0 Å². The minimum Gasteiger partial charge on any atom is -1.00 e. The SMILES string of the molecule is C[N+]1(CC(c2ccccn2)S(=O)(=O)c2ccccc2)CCOCC1.[I-]. The van der Waals surface area contributed by atoms with Crippen LogP contribution in [-0.2, 0) is 14.6 Å².